The number of carboxylic acids is 1. The predicted molar refractivity (Wildman–Crippen MR) is 92.1 cm³/mol. The van der Waals surface area contributed by atoms with Crippen molar-refractivity contribution < 1.29 is 53.8 Å². The van der Waals surface area contributed by atoms with Crippen molar-refractivity contribution in [2.45, 2.75) is 23.9 Å². The number of carbonyl (C=O) groups is 3. The molecule has 0 aliphatic carbocycles. The van der Waals surface area contributed by atoms with Crippen LogP contribution in [0.4, 0.5) is 5.13 Å². The quantitative estimate of drug-likeness (QED) is 0.287. The van der Waals surface area contributed by atoms with Crippen molar-refractivity contribution in [1.82, 2.24) is 15.2 Å². The summed E-state index contributed by atoms with van der Waals surface area (Å²) in [7, 11) is 0. The van der Waals surface area contributed by atoms with Gasteiger partial charge < -0.3 is 30.6 Å². The fourth-order valence-electron chi connectivity index (χ4n) is 3.07. The summed E-state index contributed by atoms with van der Waals surface area (Å²) in [6.45, 7) is 0. The van der Waals surface area contributed by atoms with E-state index in [4.69, 9.17) is 10.5 Å². The normalized spacial score (nSPS) is 27.3. The number of hydrogen-bond donors (Lipinski definition) is 2. The van der Waals surface area contributed by atoms with E-state index < -0.39 is 35.2 Å². The number of nitrogens with zero attached hydrogens (tertiary/aromatic N) is 2. The Kier molecular flexibility index (Phi) is 5.87. The molecule has 0 radical (unpaired) electrons. The zero-order valence-electron chi connectivity index (χ0n) is 14.2. The number of aromatic nitrogens is 1. The summed E-state index contributed by atoms with van der Waals surface area (Å²) in [5.74, 6) is -1.57. The molecule has 0 saturated carbocycles. The van der Waals surface area contributed by atoms with Gasteiger partial charge in [-0.1, -0.05) is 0 Å². The minimum Gasteiger partial charge on any atom is -0.548 e. The van der Waals surface area contributed by atoms with Crippen LogP contribution in [0.5, 0.6) is 0 Å². The zero-order valence-corrected chi connectivity index (χ0v) is 17.8. The van der Waals surface area contributed by atoms with Crippen molar-refractivity contribution in [3.8, 4) is 0 Å². The SMILES string of the molecule is Nc1nc(C(C(=O)NC2C(=O)N3C(C(=O)[O-])CS[C@H]23)=C2CC=CO2)cs1.[Na+]. The van der Waals surface area contributed by atoms with E-state index in [0.717, 1.165) is 0 Å². The van der Waals surface area contributed by atoms with Crippen LogP contribution in [0.3, 0.4) is 0 Å². The standard InChI is InChI=1S/C15H14N4O5S2.Na/c16-15-17-6(4-26-15)9(8-2-1-3-24-8)11(20)18-10-12(21)19-7(14(22)23)5-25-13(10)19;/h1,3-4,7,10,13H,2,5H2,(H2,16,17)(H,18,20)(H,22,23);/q;+1/p-1/t7?,10?,13-;/m1./s1. The molecule has 3 atom stereocenters. The van der Waals surface area contributed by atoms with Gasteiger partial charge in [-0.25, -0.2) is 4.98 Å². The van der Waals surface area contributed by atoms with Crippen LogP contribution in [-0.4, -0.2) is 50.9 Å². The van der Waals surface area contributed by atoms with Crippen molar-refractivity contribution in [3.63, 3.8) is 0 Å². The summed E-state index contributed by atoms with van der Waals surface area (Å²) >= 11 is 2.49. The maximum absolute atomic E-state index is 12.8. The van der Waals surface area contributed by atoms with Gasteiger partial charge in [-0.2, -0.15) is 0 Å². The topological polar surface area (TPSA) is 138 Å². The van der Waals surface area contributed by atoms with E-state index in [-0.39, 0.29) is 40.9 Å². The van der Waals surface area contributed by atoms with Crippen LogP contribution in [0.2, 0.25) is 0 Å². The largest absolute Gasteiger partial charge is 1.00 e. The van der Waals surface area contributed by atoms with Gasteiger partial charge in [-0.05, 0) is 6.08 Å². The fourth-order valence-corrected chi connectivity index (χ4v) is 5.09. The molecule has 1 aromatic heterocycles. The number of aliphatic carboxylic acids is 1. The van der Waals surface area contributed by atoms with Crippen molar-refractivity contribution in [2.75, 3.05) is 11.5 Å². The molecule has 0 bridgehead atoms. The van der Waals surface area contributed by atoms with Crippen molar-refractivity contribution in [2.24, 2.45) is 0 Å². The molecule has 1 aromatic rings. The van der Waals surface area contributed by atoms with Gasteiger partial charge >= 0.3 is 29.6 Å². The minimum absolute atomic E-state index is 0. The molecule has 2 fully saturated rings. The average molecular weight is 416 g/mol. The predicted octanol–water partition coefficient (Wildman–Crippen LogP) is -4.11. The summed E-state index contributed by atoms with van der Waals surface area (Å²) < 4.78 is 5.37. The van der Waals surface area contributed by atoms with E-state index >= 15 is 0 Å². The Morgan fingerprint density at radius 1 is 1.44 bits per heavy atom. The van der Waals surface area contributed by atoms with Crippen molar-refractivity contribution >= 4 is 51.6 Å². The molecule has 2 unspecified atom stereocenters. The average Bonchev–Trinajstić information content (AvgIpc) is 3.32. The van der Waals surface area contributed by atoms with Crippen LogP contribution >= 0.6 is 23.1 Å². The first-order valence-corrected chi connectivity index (χ1v) is 9.62. The smallest absolute Gasteiger partial charge is 0.548 e. The van der Waals surface area contributed by atoms with Gasteiger partial charge in [-0.15, -0.1) is 23.1 Å². The number of anilines is 1. The number of carboxylic acid groups (broad SMARTS) is 1. The van der Waals surface area contributed by atoms with Crippen molar-refractivity contribution in [1.29, 1.82) is 0 Å². The van der Waals surface area contributed by atoms with Crippen LogP contribution in [-0.2, 0) is 19.1 Å². The Balaban J connectivity index is 0.00000210. The van der Waals surface area contributed by atoms with Crippen LogP contribution in [0.15, 0.2) is 23.5 Å². The van der Waals surface area contributed by atoms with Crippen LogP contribution in [0.1, 0.15) is 12.1 Å². The summed E-state index contributed by atoms with van der Waals surface area (Å²) in [5.41, 5.74) is 6.25. The molecule has 3 N–H and O–H groups in total. The molecular weight excluding hydrogens is 403 g/mol. The van der Waals surface area contributed by atoms with Gasteiger partial charge in [-0.3, -0.25) is 9.59 Å². The Morgan fingerprint density at radius 2 is 2.22 bits per heavy atom. The number of thioether (sulfide) groups is 1. The number of nitrogens with one attached hydrogen (secondary N) is 1. The van der Waals surface area contributed by atoms with Gasteiger partial charge in [0.15, 0.2) is 5.13 Å². The summed E-state index contributed by atoms with van der Waals surface area (Å²) in [5, 5.41) is 15.3. The Labute approximate surface area is 184 Å². The molecule has 2 amide bonds. The van der Waals surface area contributed by atoms with E-state index in [9.17, 15) is 19.5 Å². The molecule has 0 spiro atoms. The number of ether oxygens (including phenoxy) is 1. The number of amides is 2. The van der Waals surface area contributed by atoms with Gasteiger partial charge in [0.1, 0.15) is 22.7 Å². The third-order valence-corrected chi connectivity index (χ3v) is 6.32. The first kappa shape index (κ1) is 20.2. The second-order valence-electron chi connectivity index (χ2n) is 5.82. The molecule has 136 valence electrons. The molecule has 12 heteroatoms. The van der Waals surface area contributed by atoms with E-state index in [1.165, 1.54) is 34.3 Å². The molecule has 3 aliphatic heterocycles. The van der Waals surface area contributed by atoms with Crippen molar-refractivity contribution in [3.05, 3.63) is 29.2 Å². The first-order chi connectivity index (χ1) is 12.5. The molecule has 4 rings (SSSR count). The summed E-state index contributed by atoms with van der Waals surface area (Å²) in [6, 6.07) is -1.75. The minimum atomic E-state index is -1.29. The second-order valence-corrected chi connectivity index (χ2v) is 7.86. The number of β-lactam (4-membered cyclic amide) rings is 1. The summed E-state index contributed by atoms with van der Waals surface area (Å²) in [4.78, 5) is 41.6. The third-order valence-electron chi connectivity index (χ3n) is 4.29. The first-order valence-electron chi connectivity index (χ1n) is 7.69. The third kappa shape index (κ3) is 3.49. The molecule has 27 heavy (non-hydrogen) atoms. The molecule has 0 aromatic carbocycles. The van der Waals surface area contributed by atoms with E-state index in [1.54, 1.807) is 11.5 Å². The molecule has 3 aliphatic rings. The molecule has 4 heterocycles. The molecular formula is C15H13N4NaO5S2. The number of thiazole rings is 1. The number of nitrogen functional groups attached to an aromatic ring is 1. The van der Waals surface area contributed by atoms with Crippen LogP contribution in [0, 0.1) is 0 Å². The fraction of sp³-hybridized carbons (Fsp3) is 0.333. The molecule has 9 nitrogen and oxygen atoms in total. The van der Waals surface area contributed by atoms with Gasteiger partial charge in [0.2, 0.25) is 5.91 Å². The monoisotopic (exact) mass is 416 g/mol. The number of allylic oxidation sites excluding steroid dienone is 1. The second kappa shape index (κ2) is 7.84. The van der Waals surface area contributed by atoms with Crippen LogP contribution in [0.25, 0.3) is 5.57 Å². The van der Waals surface area contributed by atoms with Gasteiger partial charge in [0, 0.05) is 17.6 Å². The van der Waals surface area contributed by atoms with E-state index in [2.05, 4.69) is 10.3 Å². The Morgan fingerprint density at radius 3 is 2.81 bits per heavy atom. The van der Waals surface area contributed by atoms with E-state index in [0.29, 0.717) is 23.0 Å². The Bertz CT molecular complexity index is 860. The summed E-state index contributed by atoms with van der Waals surface area (Å²) in [6.07, 6.45) is 3.66. The number of fused-ring (bicyclic) bond motifs is 1. The van der Waals surface area contributed by atoms with Crippen LogP contribution < -0.4 is 45.7 Å². The Hall–Kier alpha value is -1.53. The number of rotatable bonds is 4. The molecule has 2 saturated heterocycles. The number of hydrogen-bond acceptors (Lipinski definition) is 9. The van der Waals surface area contributed by atoms with Gasteiger partial charge in [0.05, 0.1) is 24.0 Å². The number of nitrogens with two attached hydrogens (primary N) is 1. The number of carbonyl (C=O) groups excluding carboxylic acids is 3. The maximum atomic E-state index is 12.8. The van der Waals surface area contributed by atoms with E-state index in [1.807, 2.05) is 0 Å². The zero-order chi connectivity index (χ0) is 18.4. The maximum Gasteiger partial charge on any atom is 1.00 e. The van der Waals surface area contributed by atoms with Gasteiger partial charge in [0.25, 0.3) is 5.91 Å².